The second-order valence-corrected chi connectivity index (χ2v) is 13.5. The van der Waals surface area contributed by atoms with E-state index in [1.807, 2.05) is 44.2 Å². The van der Waals surface area contributed by atoms with E-state index >= 15 is 0 Å². The van der Waals surface area contributed by atoms with Crippen LogP contribution in [0.2, 0.25) is 0 Å². The zero-order chi connectivity index (χ0) is 32.6. The minimum Gasteiger partial charge on any atom is -0.497 e. The van der Waals surface area contributed by atoms with E-state index in [-0.39, 0.29) is 42.8 Å². The summed E-state index contributed by atoms with van der Waals surface area (Å²) in [6.07, 6.45) is -0.634. The number of hydrogen-bond donors (Lipinski definition) is 4. The van der Waals surface area contributed by atoms with E-state index in [9.17, 15) is 27.9 Å². The average Bonchev–Trinajstić information content (AvgIpc) is 3.29. The first-order valence-corrected chi connectivity index (χ1v) is 16.2. The van der Waals surface area contributed by atoms with Gasteiger partial charge in [0.2, 0.25) is 15.9 Å². The first kappa shape index (κ1) is 34.8. The van der Waals surface area contributed by atoms with Gasteiger partial charge in [-0.1, -0.05) is 58.0 Å². The van der Waals surface area contributed by atoms with Crippen molar-refractivity contribution in [3.8, 4) is 5.75 Å². The molecule has 1 aliphatic rings. The lowest BCUT2D eigenvalue weighted by atomic mass is 9.98. The van der Waals surface area contributed by atoms with Crippen molar-refractivity contribution in [2.45, 2.75) is 63.6 Å². The van der Waals surface area contributed by atoms with Crippen molar-refractivity contribution in [2.75, 3.05) is 33.3 Å². The molecule has 1 heterocycles. The van der Waals surface area contributed by atoms with Gasteiger partial charge in [0.05, 0.1) is 24.2 Å². The van der Waals surface area contributed by atoms with Crippen LogP contribution < -0.4 is 14.8 Å². The number of aliphatic carboxylic acids is 1. The van der Waals surface area contributed by atoms with E-state index in [0.717, 1.165) is 5.56 Å². The molecule has 12 nitrogen and oxygen atoms in total. The number of sulfonamides is 1. The fraction of sp³-hybridized carbons (Fsp3) is 0.516. The van der Waals surface area contributed by atoms with Crippen LogP contribution in [0.5, 0.6) is 5.75 Å². The summed E-state index contributed by atoms with van der Waals surface area (Å²) in [6, 6.07) is 11.5. The maximum atomic E-state index is 13.7. The van der Waals surface area contributed by atoms with Crippen molar-refractivity contribution in [3.05, 3.63) is 59.7 Å². The Labute approximate surface area is 259 Å². The molecular weight excluding hydrogens is 588 g/mol. The number of carboxylic acids is 1. The smallest absolute Gasteiger partial charge is 0.323 e. The molecule has 242 valence electrons. The predicted octanol–water partition coefficient (Wildman–Crippen LogP) is 2.11. The van der Waals surface area contributed by atoms with Crippen molar-refractivity contribution in [1.29, 1.82) is 0 Å². The maximum Gasteiger partial charge on any atom is 0.323 e. The van der Waals surface area contributed by atoms with Gasteiger partial charge in [-0.3, -0.25) is 9.59 Å². The van der Waals surface area contributed by atoms with Gasteiger partial charge in [-0.05, 0) is 54.0 Å². The molecule has 0 bridgehead atoms. The molecule has 0 radical (unpaired) electrons. The maximum absolute atomic E-state index is 13.7. The van der Waals surface area contributed by atoms with E-state index in [1.165, 1.54) is 23.0 Å². The predicted molar refractivity (Wildman–Crippen MR) is 165 cm³/mol. The van der Waals surface area contributed by atoms with Crippen LogP contribution in [0.25, 0.3) is 0 Å². The van der Waals surface area contributed by atoms with Crippen molar-refractivity contribution in [3.63, 3.8) is 0 Å². The van der Waals surface area contributed by atoms with Gasteiger partial charge in [0.1, 0.15) is 18.3 Å². The van der Waals surface area contributed by atoms with Crippen LogP contribution in [-0.4, -0.2) is 97.8 Å². The number of amides is 3. The van der Waals surface area contributed by atoms with Crippen molar-refractivity contribution in [1.82, 2.24) is 19.8 Å². The van der Waals surface area contributed by atoms with Crippen molar-refractivity contribution >= 4 is 27.9 Å². The molecule has 44 heavy (non-hydrogen) atoms. The molecule has 1 fully saturated rings. The number of aliphatic hydroxyl groups is 1. The Bertz CT molecular complexity index is 1400. The van der Waals surface area contributed by atoms with Crippen LogP contribution in [-0.2, 0) is 32.5 Å². The van der Waals surface area contributed by atoms with Crippen LogP contribution in [0, 0.1) is 11.8 Å². The molecule has 0 spiro atoms. The Hall–Kier alpha value is -3.68. The Balaban J connectivity index is 1.82. The molecule has 2 aromatic rings. The summed E-state index contributed by atoms with van der Waals surface area (Å²) in [6.45, 7) is 7.01. The van der Waals surface area contributed by atoms with E-state index in [1.54, 1.807) is 26.0 Å². The first-order valence-electron chi connectivity index (χ1n) is 14.7. The number of aliphatic hydroxyl groups excluding tert-OH is 1. The summed E-state index contributed by atoms with van der Waals surface area (Å²) >= 11 is 0. The summed E-state index contributed by atoms with van der Waals surface area (Å²) < 4.78 is 34.6. The quantitative estimate of drug-likeness (QED) is 0.219. The zero-order valence-electron chi connectivity index (χ0n) is 25.9. The minimum absolute atomic E-state index is 0.0844. The molecule has 4 N–H and O–H groups in total. The van der Waals surface area contributed by atoms with Gasteiger partial charge in [-0.2, -0.15) is 0 Å². The number of carbonyl (C=O) groups is 3. The second-order valence-electron chi connectivity index (χ2n) is 11.8. The fourth-order valence-electron chi connectivity index (χ4n) is 5.35. The Kier molecular flexibility index (Phi) is 12.1. The highest BCUT2D eigenvalue weighted by molar-refractivity contribution is 7.89. The summed E-state index contributed by atoms with van der Waals surface area (Å²) in [7, 11) is -2.53. The van der Waals surface area contributed by atoms with Crippen molar-refractivity contribution < 1.29 is 37.8 Å². The Morgan fingerprint density at radius 1 is 1.02 bits per heavy atom. The topological polar surface area (TPSA) is 166 Å². The van der Waals surface area contributed by atoms with Crippen LogP contribution in [0.1, 0.15) is 38.8 Å². The van der Waals surface area contributed by atoms with Gasteiger partial charge in [-0.15, -0.1) is 0 Å². The number of urea groups is 1. The fourth-order valence-corrected chi connectivity index (χ4v) is 6.63. The summed E-state index contributed by atoms with van der Waals surface area (Å²) in [4.78, 5) is 40.4. The summed E-state index contributed by atoms with van der Waals surface area (Å²) in [5.41, 5.74) is 1.39. The van der Waals surface area contributed by atoms with Crippen LogP contribution in [0.3, 0.4) is 0 Å². The lowest BCUT2D eigenvalue weighted by Crippen LogP contribution is -2.57. The third-order valence-corrected chi connectivity index (χ3v) is 8.97. The lowest BCUT2D eigenvalue weighted by molar-refractivity contribution is -0.137. The Morgan fingerprint density at radius 2 is 1.70 bits per heavy atom. The zero-order valence-corrected chi connectivity index (χ0v) is 26.7. The number of ether oxygens (including phenoxy) is 1. The number of rotatable bonds is 16. The molecule has 0 aromatic heterocycles. The Morgan fingerprint density at radius 3 is 2.30 bits per heavy atom. The van der Waals surface area contributed by atoms with Gasteiger partial charge < -0.3 is 30.1 Å². The highest BCUT2D eigenvalue weighted by Crippen LogP contribution is 2.25. The first-order chi connectivity index (χ1) is 20.7. The van der Waals surface area contributed by atoms with Gasteiger partial charge in [0.15, 0.2) is 0 Å². The molecular formula is C31H44N4O8S. The highest BCUT2D eigenvalue weighted by Gasteiger charge is 2.40. The standard InChI is InChI=1S/C31H44N4O8S/c1-20(2)15-23-17-24(43-5)11-12-27(23)44(41,42)32-18-26(36)25(16-22-9-7-6-8-10-22)33-30(39)29(21(3)4)35-14-13-34(31(35)40)19-28(37)38/h6-12,17,20-21,25-26,29,32,36H,13-16,18-19H2,1-5H3,(H,33,39)(H,37,38)/t25-,26+,29-/m0/s1. The number of benzene rings is 2. The van der Waals surface area contributed by atoms with E-state index in [2.05, 4.69) is 10.0 Å². The van der Waals surface area contributed by atoms with Crippen LogP contribution in [0.15, 0.2) is 53.4 Å². The summed E-state index contributed by atoms with van der Waals surface area (Å²) in [5.74, 6) is -1.29. The van der Waals surface area contributed by atoms with E-state index in [4.69, 9.17) is 9.84 Å². The van der Waals surface area contributed by atoms with Gasteiger partial charge in [-0.25, -0.2) is 17.9 Å². The van der Waals surface area contributed by atoms with Gasteiger partial charge in [0.25, 0.3) is 0 Å². The number of nitrogens with one attached hydrogen (secondary N) is 2. The monoisotopic (exact) mass is 632 g/mol. The molecule has 3 rings (SSSR count). The molecule has 3 atom stereocenters. The second kappa shape index (κ2) is 15.4. The molecule has 0 saturated carbocycles. The summed E-state index contributed by atoms with van der Waals surface area (Å²) in [5, 5.41) is 23.3. The normalized spacial score (nSPS) is 15.9. The number of hydrogen-bond acceptors (Lipinski definition) is 7. The van der Waals surface area contributed by atoms with E-state index < -0.39 is 52.7 Å². The molecule has 1 saturated heterocycles. The SMILES string of the molecule is COc1ccc(S(=O)(=O)NC[C@@H](O)[C@H](Cc2ccccc2)NC(=O)[C@H](C(C)C)N2CCN(CC(=O)O)C2=O)c(CC(C)C)c1. The van der Waals surface area contributed by atoms with Crippen LogP contribution in [0.4, 0.5) is 4.79 Å². The number of nitrogens with zero attached hydrogens (tertiary/aromatic N) is 2. The van der Waals surface area contributed by atoms with Crippen LogP contribution >= 0.6 is 0 Å². The molecule has 1 aliphatic heterocycles. The molecule has 0 aliphatic carbocycles. The van der Waals surface area contributed by atoms with E-state index in [0.29, 0.717) is 17.7 Å². The van der Waals surface area contributed by atoms with Gasteiger partial charge in [0, 0.05) is 19.6 Å². The number of carbonyl (C=O) groups excluding carboxylic acids is 2. The number of methoxy groups -OCH3 is 1. The third kappa shape index (κ3) is 9.16. The molecule has 0 unspecified atom stereocenters. The molecule has 3 amide bonds. The number of carboxylic acid groups (broad SMARTS) is 1. The minimum atomic E-state index is -4.04. The van der Waals surface area contributed by atoms with Gasteiger partial charge >= 0.3 is 12.0 Å². The lowest BCUT2D eigenvalue weighted by Gasteiger charge is -2.32. The largest absolute Gasteiger partial charge is 0.497 e. The molecule has 2 aromatic carbocycles. The van der Waals surface area contributed by atoms with Crippen molar-refractivity contribution in [2.24, 2.45) is 11.8 Å². The third-order valence-electron chi connectivity index (χ3n) is 7.45. The average molecular weight is 633 g/mol. The highest BCUT2D eigenvalue weighted by atomic mass is 32.2. The molecule has 13 heteroatoms.